The van der Waals surface area contributed by atoms with Crippen molar-refractivity contribution in [1.29, 1.82) is 0 Å². The topological polar surface area (TPSA) is 25.4 Å². The quantitative estimate of drug-likeness (QED) is 0.346. The van der Waals surface area contributed by atoms with Crippen LogP contribution in [0.3, 0.4) is 0 Å². The van der Waals surface area contributed by atoms with E-state index in [1.807, 2.05) is 24.3 Å². The maximum Gasteiger partial charge on any atom is 0.256 e. The minimum Gasteiger partial charge on any atom is -0.478 e. The van der Waals surface area contributed by atoms with Crippen molar-refractivity contribution in [3.63, 3.8) is 0 Å². The molecule has 0 fully saturated rings. The largest absolute Gasteiger partial charge is 0.478 e. The molecule has 0 bridgehead atoms. The summed E-state index contributed by atoms with van der Waals surface area (Å²) in [7, 11) is 0. The number of ether oxygens (including phenoxy) is 1. The Bertz CT molecular complexity index is 816. The molecule has 0 aliphatic carbocycles. The third-order valence-electron chi connectivity index (χ3n) is 3.12. The van der Waals surface area contributed by atoms with Gasteiger partial charge in [0, 0.05) is 9.13 Å². The average Bonchev–Trinajstić information content (AvgIpc) is 3.03. The standard InChI is InChI=1S/C16H11F2IN2OS2/c1-2-7-22-13-14(10-5-3-4-6-11(10)19)24-21(8-12(17)18)16-15(13)23-9-20-16/h1,3-6,9,12H,7-8H2. The Hall–Kier alpha value is -1.31. The molecule has 0 atom stereocenters. The van der Waals surface area contributed by atoms with E-state index in [1.54, 1.807) is 5.51 Å². The lowest BCUT2D eigenvalue weighted by molar-refractivity contribution is 0.159. The zero-order chi connectivity index (χ0) is 17.1. The van der Waals surface area contributed by atoms with Gasteiger partial charge in [0.05, 0.1) is 17.0 Å². The van der Waals surface area contributed by atoms with Crippen LogP contribution in [0.15, 0.2) is 29.8 Å². The predicted molar refractivity (Wildman–Crippen MR) is 104 cm³/mol. The van der Waals surface area contributed by atoms with Gasteiger partial charge in [0.15, 0.2) is 11.6 Å². The minimum absolute atomic E-state index is 0.106. The molecule has 1 aliphatic heterocycles. The van der Waals surface area contributed by atoms with Crippen molar-refractivity contribution in [3.05, 3.63) is 43.8 Å². The van der Waals surface area contributed by atoms with Gasteiger partial charge in [0.1, 0.15) is 11.5 Å². The first-order chi connectivity index (χ1) is 11.6. The molecular formula is C16H11F2IN2OS2. The fourth-order valence-electron chi connectivity index (χ4n) is 2.18. The van der Waals surface area contributed by atoms with E-state index in [-0.39, 0.29) is 6.61 Å². The molecule has 1 aliphatic rings. The van der Waals surface area contributed by atoms with Crippen molar-refractivity contribution in [3.8, 4) is 12.3 Å². The number of hydrogen-bond acceptors (Lipinski definition) is 5. The number of benzene rings is 1. The van der Waals surface area contributed by atoms with Crippen LogP contribution in [0.1, 0.15) is 10.4 Å². The molecule has 1 aromatic carbocycles. The number of nitrogens with zero attached hydrogens (tertiary/aromatic N) is 2. The van der Waals surface area contributed by atoms with E-state index in [4.69, 9.17) is 11.2 Å². The molecule has 24 heavy (non-hydrogen) atoms. The molecule has 124 valence electrons. The Balaban J connectivity index is 2.13. The van der Waals surface area contributed by atoms with Crippen molar-refractivity contribution in [2.75, 3.05) is 17.5 Å². The van der Waals surface area contributed by atoms with Crippen molar-refractivity contribution >= 4 is 62.4 Å². The normalized spacial score (nSPS) is 13.9. The second kappa shape index (κ2) is 7.72. The summed E-state index contributed by atoms with van der Waals surface area (Å²) in [6.07, 6.45) is 2.86. The van der Waals surface area contributed by atoms with Crippen LogP contribution in [-0.4, -0.2) is 24.6 Å². The fourth-order valence-corrected chi connectivity index (χ4v) is 5.09. The van der Waals surface area contributed by atoms with Crippen LogP contribution in [0.4, 0.5) is 14.6 Å². The predicted octanol–water partition coefficient (Wildman–Crippen LogP) is 4.96. The van der Waals surface area contributed by atoms with E-state index in [9.17, 15) is 8.78 Å². The second-order valence-corrected chi connectivity index (χ2v) is 7.73. The molecule has 1 aromatic heterocycles. The van der Waals surface area contributed by atoms with Gasteiger partial charge in [-0.05, 0) is 40.6 Å². The molecule has 8 heteroatoms. The molecule has 0 N–H and O–H groups in total. The smallest absolute Gasteiger partial charge is 0.256 e. The molecule has 0 unspecified atom stereocenters. The number of alkyl halides is 2. The first kappa shape index (κ1) is 17.5. The fraction of sp³-hybridized carbons (Fsp3) is 0.188. The van der Waals surface area contributed by atoms with Gasteiger partial charge in [-0.3, -0.25) is 4.31 Å². The molecule has 3 nitrogen and oxygen atoms in total. The van der Waals surface area contributed by atoms with E-state index in [2.05, 4.69) is 33.5 Å². The zero-order valence-electron chi connectivity index (χ0n) is 12.2. The number of thiazole rings is 1. The lowest BCUT2D eigenvalue weighted by Crippen LogP contribution is -2.25. The monoisotopic (exact) mass is 476 g/mol. The number of anilines is 1. The summed E-state index contributed by atoms with van der Waals surface area (Å²) >= 11 is 4.78. The van der Waals surface area contributed by atoms with Gasteiger partial charge in [-0.15, -0.1) is 17.8 Å². The minimum atomic E-state index is -2.46. The van der Waals surface area contributed by atoms with Gasteiger partial charge in [0.2, 0.25) is 0 Å². The number of halogens is 3. The maximum atomic E-state index is 13.0. The van der Waals surface area contributed by atoms with Crippen LogP contribution >= 0.6 is 45.9 Å². The summed E-state index contributed by atoms with van der Waals surface area (Å²) in [5.74, 6) is 3.55. The van der Waals surface area contributed by atoms with Gasteiger partial charge in [0.25, 0.3) is 6.43 Å². The van der Waals surface area contributed by atoms with Crippen LogP contribution < -0.4 is 4.31 Å². The van der Waals surface area contributed by atoms with Gasteiger partial charge in [-0.25, -0.2) is 13.8 Å². The molecule has 0 saturated heterocycles. The lowest BCUT2D eigenvalue weighted by Gasteiger charge is -2.29. The SMILES string of the molecule is C#CCOC1=C(c2ccccc2I)SN(CC(F)F)c2ncsc21. The third kappa shape index (κ3) is 3.53. The highest BCUT2D eigenvalue weighted by molar-refractivity contribution is 14.1. The third-order valence-corrected chi connectivity index (χ3v) is 6.01. The Morgan fingerprint density at radius 3 is 2.88 bits per heavy atom. The van der Waals surface area contributed by atoms with Gasteiger partial charge in [-0.1, -0.05) is 24.1 Å². The molecule has 0 amide bonds. The second-order valence-electron chi connectivity index (χ2n) is 4.68. The van der Waals surface area contributed by atoms with Crippen LogP contribution in [0.5, 0.6) is 0 Å². The van der Waals surface area contributed by atoms with E-state index in [0.717, 1.165) is 18.9 Å². The number of aromatic nitrogens is 1. The molecule has 3 rings (SSSR count). The summed E-state index contributed by atoms with van der Waals surface area (Å²) in [4.78, 5) is 5.72. The van der Waals surface area contributed by atoms with E-state index < -0.39 is 13.0 Å². The van der Waals surface area contributed by atoms with Crippen molar-refractivity contribution < 1.29 is 13.5 Å². The van der Waals surface area contributed by atoms with Crippen molar-refractivity contribution in [1.82, 2.24) is 4.98 Å². The average molecular weight is 476 g/mol. The van der Waals surface area contributed by atoms with Gasteiger partial charge < -0.3 is 4.74 Å². The Labute approximate surface area is 160 Å². The van der Waals surface area contributed by atoms with Crippen LogP contribution in [-0.2, 0) is 4.74 Å². The molecule has 0 spiro atoms. The van der Waals surface area contributed by atoms with Gasteiger partial charge >= 0.3 is 0 Å². The summed E-state index contributed by atoms with van der Waals surface area (Å²) in [5, 5.41) is 0. The van der Waals surface area contributed by atoms with Crippen LogP contribution in [0.2, 0.25) is 0 Å². The van der Waals surface area contributed by atoms with Gasteiger partial charge in [-0.2, -0.15) is 0 Å². The summed E-state index contributed by atoms with van der Waals surface area (Å²) in [6, 6.07) is 7.73. The highest BCUT2D eigenvalue weighted by atomic mass is 127. The zero-order valence-corrected chi connectivity index (χ0v) is 16.0. The number of terminal acetylenes is 1. The molecule has 0 radical (unpaired) electrons. The lowest BCUT2D eigenvalue weighted by atomic mass is 10.2. The summed E-state index contributed by atoms with van der Waals surface area (Å²) in [6.45, 7) is -0.300. The van der Waals surface area contributed by atoms with Crippen LogP contribution in [0.25, 0.3) is 10.7 Å². The molecular weight excluding hydrogens is 465 g/mol. The Morgan fingerprint density at radius 2 is 2.17 bits per heavy atom. The Kier molecular flexibility index (Phi) is 5.63. The highest BCUT2D eigenvalue weighted by Crippen LogP contribution is 2.49. The van der Waals surface area contributed by atoms with E-state index in [1.165, 1.54) is 27.6 Å². The highest BCUT2D eigenvalue weighted by Gasteiger charge is 2.32. The van der Waals surface area contributed by atoms with E-state index in [0.29, 0.717) is 11.6 Å². The molecule has 0 saturated carbocycles. The number of fused-ring (bicyclic) bond motifs is 1. The summed E-state index contributed by atoms with van der Waals surface area (Å²) in [5.41, 5.74) is 2.55. The first-order valence-corrected chi connectivity index (χ1v) is 9.58. The van der Waals surface area contributed by atoms with E-state index >= 15 is 0 Å². The molecule has 2 aromatic rings. The maximum absolute atomic E-state index is 13.0. The first-order valence-electron chi connectivity index (χ1n) is 6.84. The Morgan fingerprint density at radius 1 is 1.38 bits per heavy atom. The van der Waals surface area contributed by atoms with Crippen LogP contribution in [0, 0.1) is 15.9 Å². The molecule has 2 heterocycles. The number of rotatable bonds is 5. The van der Waals surface area contributed by atoms with Crippen molar-refractivity contribution in [2.45, 2.75) is 6.43 Å². The summed E-state index contributed by atoms with van der Waals surface area (Å²) < 4.78 is 34.2. The number of hydrogen-bond donors (Lipinski definition) is 0. The van der Waals surface area contributed by atoms with Crippen molar-refractivity contribution in [2.24, 2.45) is 0 Å².